The van der Waals surface area contributed by atoms with Crippen molar-refractivity contribution in [1.82, 2.24) is 5.32 Å². The fourth-order valence-electron chi connectivity index (χ4n) is 0.986. The molecule has 0 aromatic heterocycles. The SMILES string of the molecule is C=CC1OCNC1C(=O)C=O. The van der Waals surface area contributed by atoms with Crippen LogP contribution >= 0.6 is 0 Å². The molecule has 4 heteroatoms. The van der Waals surface area contributed by atoms with Gasteiger partial charge in [0.2, 0.25) is 5.78 Å². The number of hydrogen-bond donors (Lipinski definition) is 1. The van der Waals surface area contributed by atoms with Crippen LogP contribution < -0.4 is 5.32 Å². The van der Waals surface area contributed by atoms with E-state index in [4.69, 9.17) is 4.74 Å². The van der Waals surface area contributed by atoms with Gasteiger partial charge in [-0.2, -0.15) is 0 Å². The molecule has 1 aliphatic heterocycles. The van der Waals surface area contributed by atoms with E-state index in [-0.39, 0.29) is 6.10 Å². The van der Waals surface area contributed by atoms with Gasteiger partial charge in [0.1, 0.15) is 12.1 Å². The highest BCUT2D eigenvalue weighted by Gasteiger charge is 2.30. The molecule has 1 heterocycles. The van der Waals surface area contributed by atoms with Crippen LogP contribution in [-0.2, 0) is 14.3 Å². The molecule has 2 unspecified atom stereocenters. The summed E-state index contributed by atoms with van der Waals surface area (Å²) in [4.78, 5) is 20.9. The Morgan fingerprint density at radius 1 is 1.73 bits per heavy atom. The number of ketones is 1. The van der Waals surface area contributed by atoms with Crippen LogP contribution in [0.15, 0.2) is 12.7 Å². The third kappa shape index (κ3) is 1.53. The lowest BCUT2D eigenvalue weighted by Gasteiger charge is -2.08. The predicted octanol–water partition coefficient (Wildman–Crippen LogP) is -0.745. The highest BCUT2D eigenvalue weighted by Crippen LogP contribution is 2.07. The van der Waals surface area contributed by atoms with Gasteiger partial charge in [0.05, 0.1) is 6.73 Å². The zero-order valence-electron chi connectivity index (χ0n) is 5.95. The van der Waals surface area contributed by atoms with Gasteiger partial charge in [-0.05, 0) is 0 Å². The van der Waals surface area contributed by atoms with Gasteiger partial charge in [-0.1, -0.05) is 6.08 Å². The summed E-state index contributed by atoms with van der Waals surface area (Å²) in [5.41, 5.74) is 0. The van der Waals surface area contributed by atoms with Crippen molar-refractivity contribution in [2.75, 3.05) is 6.73 Å². The second-order valence-corrected chi connectivity index (χ2v) is 2.21. The number of aldehydes is 1. The standard InChI is InChI=1S/C7H9NO3/c1-2-6-7(5(10)3-9)8-4-11-6/h2-3,6-8H,1,4H2. The topological polar surface area (TPSA) is 55.4 Å². The molecular weight excluding hydrogens is 146 g/mol. The van der Waals surface area contributed by atoms with Crippen LogP contribution in [0.25, 0.3) is 0 Å². The summed E-state index contributed by atoms with van der Waals surface area (Å²) < 4.78 is 5.03. The Bertz CT molecular complexity index is 190. The van der Waals surface area contributed by atoms with Gasteiger partial charge in [0, 0.05) is 0 Å². The Morgan fingerprint density at radius 3 is 3.00 bits per heavy atom. The van der Waals surface area contributed by atoms with Crippen LogP contribution in [0.5, 0.6) is 0 Å². The Kier molecular flexibility index (Phi) is 2.51. The fraction of sp³-hybridized carbons (Fsp3) is 0.429. The summed E-state index contributed by atoms with van der Waals surface area (Å²) >= 11 is 0. The molecule has 2 atom stereocenters. The zero-order chi connectivity index (χ0) is 8.27. The molecule has 0 amide bonds. The molecule has 1 fully saturated rings. The molecule has 1 N–H and O–H groups in total. The Balaban J connectivity index is 2.62. The number of ether oxygens (including phenoxy) is 1. The lowest BCUT2D eigenvalue weighted by Crippen LogP contribution is -2.38. The summed E-state index contributed by atoms with van der Waals surface area (Å²) in [5.74, 6) is -0.493. The first-order valence-electron chi connectivity index (χ1n) is 3.26. The first-order valence-corrected chi connectivity index (χ1v) is 3.26. The predicted molar refractivity (Wildman–Crippen MR) is 37.9 cm³/mol. The lowest BCUT2D eigenvalue weighted by atomic mass is 10.1. The molecule has 1 aliphatic rings. The van der Waals surface area contributed by atoms with Gasteiger partial charge in [-0.15, -0.1) is 6.58 Å². The van der Waals surface area contributed by atoms with E-state index in [2.05, 4.69) is 11.9 Å². The molecule has 0 aromatic rings. The van der Waals surface area contributed by atoms with Crippen molar-refractivity contribution in [1.29, 1.82) is 0 Å². The Morgan fingerprint density at radius 2 is 2.45 bits per heavy atom. The minimum absolute atomic E-state index is 0.293. The summed E-state index contributed by atoms with van der Waals surface area (Å²) in [6.45, 7) is 3.77. The van der Waals surface area contributed by atoms with Crippen molar-refractivity contribution in [2.24, 2.45) is 0 Å². The molecule has 0 saturated carbocycles. The zero-order valence-corrected chi connectivity index (χ0v) is 5.95. The van der Waals surface area contributed by atoms with Crippen LogP contribution in [0.4, 0.5) is 0 Å². The molecule has 0 spiro atoms. The first kappa shape index (κ1) is 8.10. The van der Waals surface area contributed by atoms with E-state index in [1.165, 1.54) is 6.08 Å². The van der Waals surface area contributed by atoms with Crippen LogP contribution in [0, 0.1) is 0 Å². The number of carbonyl (C=O) groups is 2. The Hall–Kier alpha value is -1.00. The van der Waals surface area contributed by atoms with Crippen molar-refractivity contribution in [3.8, 4) is 0 Å². The van der Waals surface area contributed by atoms with Crippen LogP contribution in [-0.4, -0.2) is 30.9 Å². The summed E-state index contributed by atoms with van der Waals surface area (Å²) in [6, 6.07) is -0.537. The largest absolute Gasteiger partial charge is 0.357 e. The minimum atomic E-state index is -0.537. The summed E-state index contributed by atoms with van der Waals surface area (Å²) in [5, 5.41) is 2.73. The van der Waals surface area contributed by atoms with Crippen LogP contribution in [0.1, 0.15) is 0 Å². The van der Waals surface area contributed by atoms with Crippen LogP contribution in [0.2, 0.25) is 0 Å². The van der Waals surface area contributed by atoms with E-state index in [0.29, 0.717) is 13.0 Å². The second kappa shape index (κ2) is 3.41. The second-order valence-electron chi connectivity index (χ2n) is 2.21. The average Bonchev–Trinajstić information content (AvgIpc) is 2.50. The van der Waals surface area contributed by atoms with Gasteiger partial charge < -0.3 is 4.74 Å². The van der Waals surface area contributed by atoms with Crippen LogP contribution in [0.3, 0.4) is 0 Å². The van der Waals surface area contributed by atoms with Crippen molar-refractivity contribution in [3.63, 3.8) is 0 Å². The number of Topliss-reactive ketones (excluding diaryl/α,β-unsaturated/α-hetero) is 1. The van der Waals surface area contributed by atoms with Crippen molar-refractivity contribution in [3.05, 3.63) is 12.7 Å². The highest BCUT2D eigenvalue weighted by atomic mass is 16.5. The molecule has 0 aliphatic carbocycles. The highest BCUT2D eigenvalue weighted by molar-refractivity contribution is 6.27. The monoisotopic (exact) mass is 155 g/mol. The molecule has 0 bridgehead atoms. The van der Waals surface area contributed by atoms with Gasteiger partial charge in [-0.3, -0.25) is 14.9 Å². The average molecular weight is 155 g/mol. The van der Waals surface area contributed by atoms with Gasteiger partial charge in [0.25, 0.3) is 0 Å². The smallest absolute Gasteiger partial charge is 0.215 e. The summed E-state index contributed by atoms with van der Waals surface area (Å²) in [7, 11) is 0. The molecule has 0 aromatic carbocycles. The number of carbonyl (C=O) groups excluding carboxylic acids is 2. The van der Waals surface area contributed by atoms with E-state index in [1.54, 1.807) is 0 Å². The third-order valence-electron chi connectivity index (χ3n) is 1.56. The molecule has 4 nitrogen and oxygen atoms in total. The first-order chi connectivity index (χ1) is 5.29. The van der Waals surface area contributed by atoms with Gasteiger partial charge in [0.15, 0.2) is 6.29 Å². The number of hydrogen-bond acceptors (Lipinski definition) is 4. The van der Waals surface area contributed by atoms with E-state index < -0.39 is 11.8 Å². The Labute approximate surface area is 64.2 Å². The van der Waals surface area contributed by atoms with Crippen molar-refractivity contribution in [2.45, 2.75) is 12.1 Å². The van der Waals surface area contributed by atoms with E-state index in [9.17, 15) is 9.59 Å². The van der Waals surface area contributed by atoms with Crippen molar-refractivity contribution < 1.29 is 14.3 Å². The van der Waals surface area contributed by atoms with E-state index in [1.807, 2.05) is 0 Å². The minimum Gasteiger partial charge on any atom is -0.357 e. The maximum absolute atomic E-state index is 10.8. The quantitative estimate of drug-likeness (QED) is 0.331. The molecule has 1 saturated heterocycles. The molecule has 1 rings (SSSR count). The molecule has 11 heavy (non-hydrogen) atoms. The van der Waals surface area contributed by atoms with E-state index >= 15 is 0 Å². The van der Waals surface area contributed by atoms with Gasteiger partial charge in [-0.25, -0.2) is 0 Å². The lowest BCUT2D eigenvalue weighted by molar-refractivity contribution is -0.131. The number of nitrogens with one attached hydrogen (secondary N) is 1. The molecule has 0 radical (unpaired) electrons. The third-order valence-corrected chi connectivity index (χ3v) is 1.56. The van der Waals surface area contributed by atoms with E-state index in [0.717, 1.165) is 0 Å². The van der Waals surface area contributed by atoms with Crippen molar-refractivity contribution >= 4 is 12.1 Å². The normalized spacial score (nSPS) is 29.8. The number of rotatable bonds is 3. The van der Waals surface area contributed by atoms with Gasteiger partial charge >= 0.3 is 0 Å². The maximum Gasteiger partial charge on any atom is 0.215 e. The maximum atomic E-state index is 10.8. The molecular formula is C7H9NO3. The summed E-state index contributed by atoms with van der Waals surface area (Å²) in [6.07, 6.45) is 1.43. The molecule has 60 valence electrons. The fourth-order valence-corrected chi connectivity index (χ4v) is 0.986.